The Kier molecular flexibility index (Phi) is 8.26. The molecule has 2 rings (SSSR count). The van der Waals surface area contributed by atoms with Gasteiger partial charge in [-0.05, 0) is 56.0 Å². The molecule has 132 valence electrons. The van der Waals surface area contributed by atoms with Gasteiger partial charge in [0.05, 0.1) is 6.04 Å². The third kappa shape index (κ3) is 5.82. The first kappa shape index (κ1) is 20.5. The van der Waals surface area contributed by atoms with Gasteiger partial charge in [-0.3, -0.25) is 0 Å². The molecule has 2 aromatic rings. The number of hydrogen-bond acceptors (Lipinski definition) is 2. The second-order valence-electron chi connectivity index (χ2n) is 6.54. The van der Waals surface area contributed by atoms with Crippen LogP contribution in [0.3, 0.4) is 0 Å². The van der Waals surface area contributed by atoms with Gasteiger partial charge in [0.2, 0.25) is 0 Å². The van der Waals surface area contributed by atoms with Crippen LogP contribution in [0.2, 0.25) is 0 Å². The molecule has 0 saturated carbocycles. The molecular formula is C20H28ClNO2. The zero-order chi connectivity index (χ0) is 16.8. The molecule has 0 spiro atoms. The van der Waals surface area contributed by atoms with E-state index in [2.05, 4.69) is 36.5 Å². The maximum atomic E-state index is 10.5. The highest BCUT2D eigenvalue weighted by atomic mass is 35.5. The van der Waals surface area contributed by atoms with Crippen LogP contribution in [0.5, 0.6) is 5.75 Å². The molecule has 3 nitrogen and oxygen atoms in total. The number of phenols is 1. The van der Waals surface area contributed by atoms with Crippen LogP contribution in [-0.2, 0) is 6.42 Å². The Balaban J connectivity index is 0.00000288. The SMILES string of the molecule is Cc1cc(C(O)C(C)[NH2+]C(C)CCc2ccccc2)ccc1O.[Cl-]. The summed E-state index contributed by atoms with van der Waals surface area (Å²) in [5.74, 6) is 0.272. The number of aliphatic hydroxyl groups excluding tert-OH is 1. The Morgan fingerprint density at radius 3 is 2.33 bits per heavy atom. The van der Waals surface area contributed by atoms with Gasteiger partial charge >= 0.3 is 0 Å². The predicted octanol–water partition coefficient (Wildman–Crippen LogP) is -0.289. The van der Waals surface area contributed by atoms with Gasteiger partial charge < -0.3 is 27.9 Å². The average molecular weight is 350 g/mol. The molecule has 0 fully saturated rings. The maximum Gasteiger partial charge on any atom is 0.130 e. The standard InChI is InChI=1S/C20H27NO2.ClH/c1-14-13-18(11-12-19(14)22)20(23)16(3)21-15(2)9-10-17-7-5-4-6-8-17;/h4-8,11-13,15-16,20-23H,9-10H2,1-3H3;1H. The molecule has 0 bridgehead atoms. The number of hydrogen-bond donors (Lipinski definition) is 3. The number of benzene rings is 2. The summed E-state index contributed by atoms with van der Waals surface area (Å²) in [4.78, 5) is 0. The number of aliphatic hydroxyl groups is 1. The van der Waals surface area contributed by atoms with Crippen molar-refractivity contribution in [2.24, 2.45) is 0 Å². The summed E-state index contributed by atoms with van der Waals surface area (Å²) in [7, 11) is 0. The van der Waals surface area contributed by atoms with Crippen molar-refractivity contribution in [1.29, 1.82) is 0 Å². The van der Waals surface area contributed by atoms with E-state index in [1.54, 1.807) is 12.1 Å². The molecule has 0 saturated heterocycles. The lowest BCUT2D eigenvalue weighted by Gasteiger charge is -2.22. The summed E-state index contributed by atoms with van der Waals surface area (Å²) >= 11 is 0. The Morgan fingerprint density at radius 2 is 1.71 bits per heavy atom. The van der Waals surface area contributed by atoms with Gasteiger partial charge in [-0.25, -0.2) is 0 Å². The van der Waals surface area contributed by atoms with Crippen LogP contribution in [0.1, 0.15) is 43.1 Å². The van der Waals surface area contributed by atoms with E-state index < -0.39 is 6.10 Å². The molecule has 0 heterocycles. The van der Waals surface area contributed by atoms with Crippen molar-refractivity contribution in [2.45, 2.75) is 51.8 Å². The molecule has 0 aliphatic carbocycles. The Hall–Kier alpha value is -1.55. The first-order valence-corrected chi connectivity index (χ1v) is 8.34. The lowest BCUT2D eigenvalue weighted by molar-refractivity contribution is -0.723. The Labute approximate surface area is 151 Å². The van der Waals surface area contributed by atoms with Crippen LogP contribution in [0.15, 0.2) is 48.5 Å². The molecule has 4 N–H and O–H groups in total. The van der Waals surface area contributed by atoms with Crippen LogP contribution < -0.4 is 17.7 Å². The molecule has 4 heteroatoms. The van der Waals surface area contributed by atoms with Crippen LogP contribution in [0.4, 0.5) is 0 Å². The van der Waals surface area contributed by atoms with E-state index in [-0.39, 0.29) is 24.2 Å². The highest BCUT2D eigenvalue weighted by Crippen LogP contribution is 2.22. The van der Waals surface area contributed by atoms with Crippen molar-refractivity contribution in [1.82, 2.24) is 0 Å². The fraction of sp³-hybridized carbons (Fsp3) is 0.400. The fourth-order valence-corrected chi connectivity index (χ4v) is 2.92. The number of halogens is 1. The number of aromatic hydroxyl groups is 1. The molecule has 0 radical (unpaired) electrons. The average Bonchev–Trinajstić information content (AvgIpc) is 2.55. The fourth-order valence-electron chi connectivity index (χ4n) is 2.92. The molecule has 3 unspecified atom stereocenters. The summed E-state index contributed by atoms with van der Waals surface area (Å²) in [6, 6.07) is 16.3. The highest BCUT2D eigenvalue weighted by Gasteiger charge is 2.22. The summed E-state index contributed by atoms with van der Waals surface area (Å²) in [5.41, 5.74) is 3.01. The molecule has 24 heavy (non-hydrogen) atoms. The van der Waals surface area contributed by atoms with Crippen LogP contribution in [0, 0.1) is 6.92 Å². The number of rotatable bonds is 7. The molecular weight excluding hydrogens is 322 g/mol. The minimum Gasteiger partial charge on any atom is -1.00 e. The summed E-state index contributed by atoms with van der Waals surface area (Å²) < 4.78 is 0. The molecule has 0 amide bonds. The topological polar surface area (TPSA) is 57.1 Å². The smallest absolute Gasteiger partial charge is 0.130 e. The lowest BCUT2D eigenvalue weighted by Crippen LogP contribution is -3.00. The van der Waals surface area contributed by atoms with Crippen molar-refractivity contribution in [3.63, 3.8) is 0 Å². The largest absolute Gasteiger partial charge is 1.00 e. The Bertz CT molecular complexity index is 618. The first-order valence-electron chi connectivity index (χ1n) is 8.34. The third-order valence-electron chi connectivity index (χ3n) is 4.42. The second kappa shape index (κ2) is 9.67. The summed E-state index contributed by atoms with van der Waals surface area (Å²) in [6.45, 7) is 6.10. The van der Waals surface area contributed by atoms with E-state index in [4.69, 9.17) is 0 Å². The van der Waals surface area contributed by atoms with E-state index in [9.17, 15) is 10.2 Å². The van der Waals surface area contributed by atoms with E-state index in [0.29, 0.717) is 6.04 Å². The van der Waals surface area contributed by atoms with E-state index in [1.807, 2.05) is 26.0 Å². The van der Waals surface area contributed by atoms with Crippen molar-refractivity contribution < 1.29 is 27.9 Å². The van der Waals surface area contributed by atoms with E-state index in [1.165, 1.54) is 5.56 Å². The zero-order valence-electron chi connectivity index (χ0n) is 14.6. The monoisotopic (exact) mass is 349 g/mol. The minimum absolute atomic E-state index is 0. The second-order valence-corrected chi connectivity index (χ2v) is 6.54. The predicted molar refractivity (Wildman–Crippen MR) is 93.4 cm³/mol. The van der Waals surface area contributed by atoms with E-state index in [0.717, 1.165) is 24.0 Å². The Morgan fingerprint density at radius 1 is 1.04 bits per heavy atom. The van der Waals surface area contributed by atoms with Crippen LogP contribution in [0.25, 0.3) is 0 Å². The van der Waals surface area contributed by atoms with E-state index >= 15 is 0 Å². The van der Waals surface area contributed by atoms with Gasteiger partial charge in [0.25, 0.3) is 0 Å². The van der Waals surface area contributed by atoms with Gasteiger partial charge in [-0.1, -0.05) is 36.4 Å². The normalized spacial score (nSPS) is 14.5. The van der Waals surface area contributed by atoms with Crippen molar-refractivity contribution in [3.8, 4) is 5.75 Å². The summed E-state index contributed by atoms with van der Waals surface area (Å²) in [5, 5.41) is 22.4. The lowest BCUT2D eigenvalue weighted by atomic mass is 9.99. The van der Waals surface area contributed by atoms with Crippen LogP contribution >= 0.6 is 0 Å². The minimum atomic E-state index is -0.534. The quantitative estimate of drug-likeness (QED) is 0.643. The highest BCUT2D eigenvalue weighted by molar-refractivity contribution is 5.36. The van der Waals surface area contributed by atoms with Crippen molar-refractivity contribution >= 4 is 0 Å². The van der Waals surface area contributed by atoms with Gasteiger partial charge in [-0.2, -0.15) is 0 Å². The van der Waals surface area contributed by atoms with Gasteiger partial charge in [0.1, 0.15) is 17.9 Å². The summed E-state index contributed by atoms with van der Waals surface area (Å²) in [6.07, 6.45) is 1.60. The first-order chi connectivity index (χ1) is 11.0. The molecule has 0 aromatic heterocycles. The van der Waals surface area contributed by atoms with Crippen molar-refractivity contribution in [2.75, 3.05) is 0 Å². The number of phenolic OH excluding ortho intramolecular Hbond substituents is 1. The van der Waals surface area contributed by atoms with Gasteiger partial charge in [0, 0.05) is 6.42 Å². The maximum absolute atomic E-state index is 10.5. The molecule has 0 aliphatic heterocycles. The van der Waals surface area contributed by atoms with Crippen LogP contribution in [-0.4, -0.2) is 22.3 Å². The number of nitrogens with two attached hydrogens (primary N) is 1. The molecule has 0 aliphatic rings. The van der Waals surface area contributed by atoms with Gasteiger partial charge in [-0.15, -0.1) is 0 Å². The molecule has 3 atom stereocenters. The molecule has 2 aromatic carbocycles. The zero-order valence-corrected chi connectivity index (χ0v) is 15.4. The number of quaternary nitrogens is 1. The third-order valence-corrected chi connectivity index (χ3v) is 4.42. The van der Waals surface area contributed by atoms with Crippen molar-refractivity contribution in [3.05, 3.63) is 65.2 Å². The number of aryl methyl sites for hydroxylation is 2. The van der Waals surface area contributed by atoms with Gasteiger partial charge in [0.15, 0.2) is 0 Å².